The Morgan fingerprint density at radius 2 is 1.59 bits per heavy atom. The highest BCUT2D eigenvalue weighted by atomic mass is 16.5. The molecule has 0 aliphatic carbocycles. The van der Waals surface area contributed by atoms with E-state index in [0.29, 0.717) is 29.2 Å². The summed E-state index contributed by atoms with van der Waals surface area (Å²) in [6.07, 6.45) is 0.364. The Balaban J connectivity index is 1.95. The fourth-order valence-corrected chi connectivity index (χ4v) is 4.12. The zero-order valence-corrected chi connectivity index (χ0v) is 16.6. The van der Waals surface area contributed by atoms with E-state index in [0.717, 1.165) is 0 Å². The summed E-state index contributed by atoms with van der Waals surface area (Å²) in [5, 5.41) is 11.6. The van der Waals surface area contributed by atoms with Crippen LogP contribution < -0.4 is 18.9 Å². The van der Waals surface area contributed by atoms with Crippen molar-refractivity contribution < 1.29 is 33.6 Å². The molecule has 1 atom stereocenters. The van der Waals surface area contributed by atoms with E-state index < -0.39 is 17.4 Å². The van der Waals surface area contributed by atoms with Gasteiger partial charge in [0.25, 0.3) is 5.91 Å². The lowest BCUT2D eigenvalue weighted by Gasteiger charge is -2.30. The fraction of sp³-hybridized carbons (Fsp3) is 0.333. The van der Waals surface area contributed by atoms with Crippen LogP contribution in [0.25, 0.3) is 0 Å². The number of ketones is 1. The van der Waals surface area contributed by atoms with Crippen molar-refractivity contribution >= 4 is 11.7 Å². The van der Waals surface area contributed by atoms with Crippen molar-refractivity contribution in [3.63, 3.8) is 0 Å². The number of nitrogens with zero attached hydrogens (tertiary/aromatic N) is 1. The molecule has 152 valence electrons. The molecule has 8 heteroatoms. The molecule has 0 spiro atoms. The lowest BCUT2D eigenvalue weighted by Crippen LogP contribution is -2.49. The number of aliphatic hydroxyl groups is 1. The molecule has 0 saturated heterocycles. The van der Waals surface area contributed by atoms with Crippen LogP contribution in [0.2, 0.25) is 0 Å². The first kappa shape index (κ1) is 19.1. The summed E-state index contributed by atoms with van der Waals surface area (Å²) >= 11 is 0. The minimum absolute atomic E-state index is 0.131. The Labute approximate surface area is 167 Å². The first-order valence-corrected chi connectivity index (χ1v) is 9.01. The average Bonchev–Trinajstić information content (AvgIpc) is 2.90. The largest absolute Gasteiger partial charge is 0.493 e. The van der Waals surface area contributed by atoms with Gasteiger partial charge in [-0.3, -0.25) is 14.5 Å². The maximum atomic E-state index is 13.6. The van der Waals surface area contributed by atoms with Crippen molar-refractivity contribution in [3.8, 4) is 23.0 Å². The van der Waals surface area contributed by atoms with Crippen LogP contribution >= 0.6 is 0 Å². The van der Waals surface area contributed by atoms with E-state index in [4.69, 9.17) is 18.9 Å². The third-order valence-corrected chi connectivity index (χ3v) is 5.55. The van der Waals surface area contributed by atoms with E-state index in [2.05, 4.69) is 0 Å². The Hall–Kier alpha value is -3.26. The number of methoxy groups -OCH3 is 4. The molecular formula is C21H21NO7. The quantitative estimate of drug-likeness (QED) is 0.837. The summed E-state index contributed by atoms with van der Waals surface area (Å²) in [5.74, 6) is 0.292. The minimum Gasteiger partial charge on any atom is -0.493 e. The fourth-order valence-electron chi connectivity index (χ4n) is 4.12. The zero-order chi connectivity index (χ0) is 20.9. The molecule has 0 fully saturated rings. The molecule has 0 radical (unpaired) electrons. The van der Waals surface area contributed by atoms with Gasteiger partial charge in [0.05, 0.1) is 34.0 Å². The molecule has 1 amide bonds. The Bertz CT molecular complexity index is 1030. The number of carbonyl (C=O) groups excluding carboxylic acids is 2. The van der Waals surface area contributed by atoms with Crippen molar-refractivity contribution in [3.05, 3.63) is 46.5 Å². The highest BCUT2D eigenvalue weighted by Gasteiger charge is 2.57. The van der Waals surface area contributed by atoms with Crippen molar-refractivity contribution in [2.45, 2.75) is 12.1 Å². The second-order valence-corrected chi connectivity index (χ2v) is 6.80. The molecule has 29 heavy (non-hydrogen) atoms. The number of hydrogen-bond donors (Lipinski definition) is 1. The van der Waals surface area contributed by atoms with Crippen LogP contribution in [0, 0.1) is 0 Å². The summed E-state index contributed by atoms with van der Waals surface area (Å²) in [7, 11) is 5.84. The number of amides is 1. The Morgan fingerprint density at radius 3 is 2.21 bits per heavy atom. The molecule has 8 nitrogen and oxygen atoms in total. The van der Waals surface area contributed by atoms with Crippen molar-refractivity contribution in [1.82, 2.24) is 4.90 Å². The van der Waals surface area contributed by atoms with Gasteiger partial charge in [-0.15, -0.1) is 0 Å². The van der Waals surface area contributed by atoms with Gasteiger partial charge in [0.2, 0.25) is 11.5 Å². The predicted molar refractivity (Wildman–Crippen MR) is 102 cm³/mol. The average molecular weight is 399 g/mol. The van der Waals surface area contributed by atoms with E-state index >= 15 is 0 Å². The number of Topliss-reactive ketones (excluding diaryl/α,β-unsaturated/α-hetero) is 1. The van der Waals surface area contributed by atoms with E-state index in [1.807, 2.05) is 0 Å². The van der Waals surface area contributed by atoms with E-state index in [1.165, 1.54) is 39.4 Å². The van der Waals surface area contributed by atoms with Gasteiger partial charge in [0.1, 0.15) is 0 Å². The van der Waals surface area contributed by atoms with Crippen molar-refractivity contribution in [2.75, 3.05) is 35.0 Å². The number of carbonyl (C=O) groups is 2. The van der Waals surface area contributed by atoms with Crippen LogP contribution in [0.15, 0.2) is 24.3 Å². The van der Waals surface area contributed by atoms with Gasteiger partial charge < -0.3 is 24.1 Å². The SMILES string of the molecule is COc1cc2c(cc1OC)C(=O)[C@]1(O)c3ccc(OC)c(OC)c3C(=O)N1CC2. The Kier molecular flexibility index (Phi) is 4.38. The lowest BCUT2D eigenvalue weighted by atomic mass is 9.90. The number of hydrogen-bond acceptors (Lipinski definition) is 7. The molecule has 0 unspecified atom stereocenters. The van der Waals surface area contributed by atoms with Crippen LogP contribution in [0.5, 0.6) is 23.0 Å². The molecule has 2 aromatic carbocycles. The van der Waals surface area contributed by atoms with Gasteiger partial charge in [-0.1, -0.05) is 0 Å². The van der Waals surface area contributed by atoms with Crippen LogP contribution in [0.1, 0.15) is 31.8 Å². The summed E-state index contributed by atoms with van der Waals surface area (Å²) in [6.45, 7) is 0.143. The molecule has 2 aromatic rings. The minimum atomic E-state index is -2.14. The molecule has 4 rings (SSSR count). The zero-order valence-electron chi connectivity index (χ0n) is 16.6. The first-order valence-electron chi connectivity index (χ1n) is 9.01. The second kappa shape index (κ2) is 6.66. The highest BCUT2D eigenvalue weighted by Crippen LogP contribution is 2.48. The van der Waals surface area contributed by atoms with Crippen LogP contribution in [0.4, 0.5) is 0 Å². The smallest absolute Gasteiger partial charge is 0.261 e. The van der Waals surface area contributed by atoms with Gasteiger partial charge in [-0.25, -0.2) is 0 Å². The van der Waals surface area contributed by atoms with E-state index in [9.17, 15) is 14.7 Å². The molecule has 0 aromatic heterocycles. The van der Waals surface area contributed by atoms with Crippen molar-refractivity contribution in [1.29, 1.82) is 0 Å². The molecule has 2 aliphatic rings. The predicted octanol–water partition coefficient (Wildman–Crippen LogP) is 1.76. The Morgan fingerprint density at radius 1 is 0.931 bits per heavy atom. The molecule has 2 aliphatic heterocycles. The van der Waals surface area contributed by atoms with Crippen LogP contribution in [-0.4, -0.2) is 56.7 Å². The molecule has 1 N–H and O–H groups in total. The van der Waals surface area contributed by atoms with Gasteiger partial charge in [0, 0.05) is 17.7 Å². The van der Waals surface area contributed by atoms with Gasteiger partial charge in [-0.05, 0) is 36.2 Å². The summed E-state index contributed by atoms with van der Waals surface area (Å²) < 4.78 is 21.3. The number of rotatable bonds is 4. The topological polar surface area (TPSA) is 94.5 Å². The van der Waals surface area contributed by atoms with E-state index in [-0.39, 0.29) is 29.0 Å². The third-order valence-electron chi connectivity index (χ3n) is 5.55. The van der Waals surface area contributed by atoms with Crippen molar-refractivity contribution in [2.24, 2.45) is 0 Å². The highest BCUT2D eigenvalue weighted by molar-refractivity contribution is 6.14. The van der Waals surface area contributed by atoms with Gasteiger partial charge >= 0.3 is 0 Å². The molecule has 0 bridgehead atoms. The lowest BCUT2D eigenvalue weighted by molar-refractivity contribution is -0.0537. The maximum Gasteiger partial charge on any atom is 0.261 e. The summed E-state index contributed by atoms with van der Waals surface area (Å²) in [4.78, 5) is 27.9. The summed E-state index contributed by atoms with van der Waals surface area (Å²) in [5.41, 5.74) is -0.885. The second-order valence-electron chi connectivity index (χ2n) is 6.80. The maximum absolute atomic E-state index is 13.6. The number of ether oxygens (including phenoxy) is 4. The van der Waals surface area contributed by atoms with Gasteiger partial charge in [-0.2, -0.15) is 0 Å². The van der Waals surface area contributed by atoms with Gasteiger partial charge in [0.15, 0.2) is 23.0 Å². The van der Waals surface area contributed by atoms with Crippen LogP contribution in [-0.2, 0) is 12.1 Å². The third kappa shape index (κ3) is 2.42. The molecule has 2 heterocycles. The summed E-state index contributed by atoms with van der Waals surface area (Å²) in [6, 6.07) is 6.34. The normalized spacial score (nSPS) is 19.8. The molecular weight excluding hydrogens is 378 g/mol. The van der Waals surface area contributed by atoms with E-state index in [1.54, 1.807) is 18.2 Å². The standard InChI is InChI=1S/C21H21NO7/c1-26-14-6-5-13-17(18(14)29-4)20(24)22-8-7-11-9-15(27-2)16(28-3)10-12(11)19(23)21(13,22)25/h5-6,9-10,25H,7-8H2,1-4H3/t21-/m1/s1. The number of fused-ring (bicyclic) bond motifs is 4. The van der Waals surface area contributed by atoms with Crippen LogP contribution in [0.3, 0.4) is 0 Å². The monoisotopic (exact) mass is 399 g/mol. The molecule has 0 saturated carbocycles. The number of benzene rings is 2. The first-order chi connectivity index (χ1) is 13.9.